The van der Waals surface area contributed by atoms with E-state index in [1.54, 1.807) is 80.9 Å². The molecule has 0 saturated heterocycles. The fourth-order valence-electron chi connectivity index (χ4n) is 19.4. The van der Waals surface area contributed by atoms with E-state index in [4.69, 9.17) is 37.0 Å². The third-order valence-electron chi connectivity index (χ3n) is 26.6. The molecule has 6 heterocycles. The summed E-state index contributed by atoms with van der Waals surface area (Å²) < 4.78 is 40.6. The first-order valence-corrected chi connectivity index (χ1v) is 46.1. The summed E-state index contributed by atoms with van der Waals surface area (Å²) >= 11 is 3.49. The van der Waals surface area contributed by atoms with E-state index in [1.807, 2.05) is 152 Å². The molecule has 6 aromatic heterocycles. The number of rotatable bonds is 18. The standard InChI is InChI=1S/2C28H29NO5.C25H30N2O4.C24H26BrNO4/c1-16(2)29(27(30)18-6-4-17(3)5-7-18)24-13-22-21-12-19(20-10-11-33-15-20)8-9-25(21)34-26(22)14-23(24)28(31)32;1-16(2)29(27(30)18-8-6-17(3)7-9-18)23-14-21-20-13-19(24-5-4-12-33-24)10-11-25(20)34-26(21)15-22(23)28(31)32;1-14(2)27(24(28)16-7-5-15(3)6-8-16)21-12-19-18-11-17(26)9-10-22(18)31-23(19)13-20(21)25(29)30-4;1-13(2)26(23(27)15-6-4-14(3)5-7-15)20-11-18-17-10-16(25)8-9-21(17)30-22(18)12-19(20)24(28)29/h8-18H,4-7H2,1-3H3,(H,31,32);4-5,10-18H,6-9H2,1-3H3,(H,31,32);9-16H,5-8,26H2,1-4H3;8-15H,4-7H2,1-3H3,(H,28,29). The zero-order chi connectivity index (χ0) is 91.8. The number of carboxylic acids is 3. The second-order valence-electron chi connectivity index (χ2n) is 37.1. The van der Waals surface area contributed by atoms with E-state index < -0.39 is 23.9 Å². The van der Waals surface area contributed by atoms with Gasteiger partial charge in [-0.05, 0) is 321 Å². The largest absolute Gasteiger partial charge is 0.478 e. The predicted molar refractivity (Wildman–Crippen MR) is 510 cm³/mol. The lowest BCUT2D eigenvalue weighted by molar-refractivity contribution is -0.124. The molecule has 674 valence electrons. The number of furan rings is 6. The number of nitrogens with zero attached hydrogens (tertiary/aromatic N) is 4. The van der Waals surface area contributed by atoms with Gasteiger partial charge in [0.2, 0.25) is 23.6 Å². The van der Waals surface area contributed by atoms with Gasteiger partial charge in [0.15, 0.2) is 0 Å². The highest BCUT2D eigenvalue weighted by molar-refractivity contribution is 9.10. The molecule has 0 radical (unpaired) electrons. The Morgan fingerprint density at radius 1 is 0.357 bits per heavy atom. The molecule has 8 aromatic carbocycles. The Morgan fingerprint density at radius 2 is 0.667 bits per heavy atom. The van der Waals surface area contributed by atoms with Crippen LogP contribution in [0.5, 0.6) is 0 Å². The minimum Gasteiger partial charge on any atom is -0.478 e. The summed E-state index contributed by atoms with van der Waals surface area (Å²) in [5, 5.41) is 36.6. The lowest BCUT2D eigenvalue weighted by Crippen LogP contribution is -2.43. The molecule has 0 spiro atoms. The van der Waals surface area contributed by atoms with Gasteiger partial charge in [-0.3, -0.25) is 19.2 Å². The van der Waals surface area contributed by atoms with Gasteiger partial charge in [0.05, 0.1) is 70.9 Å². The monoisotopic (exact) mass is 1810 g/mol. The number of esters is 1. The number of methoxy groups -OCH3 is 1. The highest BCUT2D eigenvalue weighted by Crippen LogP contribution is 2.46. The highest BCUT2D eigenvalue weighted by Gasteiger charge is 2.39. The van der Waals surface area contributed by atoms with Crippen LogP contribution in [-0.2, 0) is 23.9 Å². The zero-order valence-corrected chi connectivity index (χ0v) is 77.0. The summed E-state index contributed by atoms with van der Waals surface area (Å²) in [4.78, 5) is 111. The second-order valence-corrected chi connectivity index (χ2v) is 38.0. The Balaban J connectivity index is 0.000000132. The van der Waals surface area contributed by atoms with Crippen molar-refractivity contribution in [2.75, 3.05) is 32.4 Å². The van der Waals surface area contributed by atoms with Gasteiger partial charge in [0.25, 0.3) is 0 Å². The van der Waals surface area contributed by atoms with Gasteiger partial charge in [-0.1, -0.05) is 49.7 Å². The lowest BCUT2D eigenvalue weighted by Gasteiger charge is -2.34. The molecule has 5 N–H and O–H groups in total. The first kappa shape index (κ1) is 91.3. The number of benzene rings is 8. The molecule has 4 amide bonds. The molecule has 4 aliphatic rings. The Hall–Kier alpha value is -12.4. The molecule has 129 heavy (non-hydrogen) atoms. The summed E-state index contributed by atoms with van der Waals surface area (Å²) in [6.07, 6.45) is 20.1. The van der Waals surface area contributed by atoms with Crippen LogP contribution >= 0.6 is 15.9 Å². The number of anilines is 5. The SMILES string of the molecule is CC1CCC(C(=O)N(c2cc3c(cc2C(=O)O)oc2ccc(-c4ccco4)cc23)C(C)C)CC1.CC1CCC(C(=O)N(c2cc3c(cc2C(=O)O)oc2ccc(-c4ccoc4)cc23)C(C)C)CC1.CC1CCC(C(=O)N(c2cc3c(cc2C(=O)O)oc2ccc(Br)cc23)C(C)C)CC1.COC(=O)c1cc2oc3ccc(N)cc3c2cc1N(C(=O)C1CCC(C)CC1)C(C)C. The third kappa shape index (κ3) is 19.1. The van der Waals surface area contributed by atoms with Crippen LogP contribution in [0.25, 0.3) is 110 Å². The molecule has 24 heteroatoms. The maximum absolute atomic E-state index is 13.7. The number of carboxylic acid groups (broad SMARTS) is 3. The maximum Gasteiger partial charge on any atom is 0.340 e. The Morgan fingerprint density at radius 3 is 0.992 bits per heavy atom. The first-order valence-electron chi connectivity index (χ1n) is 45.3. The van der Waals surface area contributed by atoms with Gasteiger partial charge < -0.3 is 71.9 Å². The summed E-state index contributed by atoms with van der Waals surface area (Å²) in [5.41, 5.74) is 16.6. The van der Waals surface area contributed by atoms with E-state index in [0.29, 0.717) is 102 Å². The number of hydrogen-bond donors (Lipinski definition) is 4. The molecular weight excluding hydrogens is 1700 g/mol. The summed E-state index contributed by atoms with van der Waals surface area (Å²) in [6.45, 7) is 24.4. The molecule has 18 rings (SSSR count). The Kier molecular flexibility index (Phi) is 27.2. The fraction of sp³-hybridized carbons (Fsp3) is 0.390. The van der Waals surface area contributed by atoms with Crippen LogP contribution < -0.4 is 25.3 Å². The van der Waals surface area contributed by atoms with E-state index in [2.05, 4.69) is 43.6 Å². The molecule has 0 bridgehead atoms. The number of halogens is 1. The van der Waals surface area contributed by atoms with Crippen molar-refractivity contribution in [3.63, 3.8) is 0 Å². The third-order valence-corrected chi connectivity index (χ3v) is 27.1. The van der Waals surface area contributed by atoms with Crippen molar-refractivity contribution in [1.29, 1.82) is 0 Å². The average Bonchev–Trinajstić information content (AvgIpc) is 1.66. The normalized spacial score (nSPS) is 18.9. The van der Waals surface area contributed by atoms with E-state index >= 15 is 0 Å². The van der Waals surface area contributed by atoms with Crippen molar-refractivity contribution in [2.24, 2.45) is 47.3 Å². The van der Waals surface area contributed by atoms with Crippen LogP contribution in [0, 0.1) is 47.3 Å². The molecule has 0 atom stereocenters. The summed E-state index contributed by atoms with van der Waals surface area (Å²) in [5.74, 6) is -0.565. The summed E-state index contributed by atoms with van der Waals surface area (Å²) in [6, 6.07) is 41.4. The molecule has 23 nitrogen and oxygen atoms in total. The van der Waals surface area contributed by atoms with E-state index in [0.717, 1.165) is 173 Å². The van der Waals surface area contributed by atoms with Crippen LogP contribution in [0.3, 0.4) is 0 Å². The molecular formula is C105H114BrN5O18. The van der Waals surface area contributed by atoms with Gasteiger partial charge in [0.1, 0.15) is 50.4 Å². The number of aromatic carboxylic acids is 3. The van der Waals surface area contributed by atoms with Gasteiger partial charge in [0, 0.05) is 112 Å². The van der Waals surface area contributed by atoms with Gasteiger partial charge in [-0.2, -0.15) is 0 Å². The molecule has 4 fully saturated rings. The number of hydrogen-bond acceptors (Lipinski definition) is 16. The maximum atomic E-state index is 13.7. The van der Waals surface area contributed by atoms with E-state index in [1.165, 1.54) is 7.11 Å². The minimum atomic E-state index is -1.08. The van der Waals surface area contributed by atoms with Gasteiger partial charge >= 0.3 is 23.9 Å². The van der Waals surface area contributed by atoms with Crippen LogP contribution in [0.1, 0.15) is 227 Å². The number of amides is 4. The van der Waals surface area contributed by atoms with Crippen molar-refractivity contribution in [2.45, 2.75) is 210 Å². The number of fused-ring (bicyclic) bond motifs is 12. The van der Waals surface area contributed by atoms with E-state index in [-0.39, 0.29) is 88.2 Å². The highest BCUT2D eigenvalue weighted by atomic mass is 79.9. The quantitative estimate of drug-likeness (QED) is 0.0458. The number of nitrogen functional groups attached to an aromatic ring is 1. The number of carbonyl (C=O) groups excluding carboxylic acids is 5. The smallest absolute Gasteiger partial charge is 0.340 e. The number of carbonyl (C=O) groups is 8. The number of ether oxygens (including phenoxy) is 1. The minimum absolute atomic E-state index is 0.00725. The molecule has 4 saturated carbocycles. The predicted octanol–water partition coefficient (Wildman–Crippen LogP) is 26.4. The van der Waals surface area contributed by atoms with Crippen LogP contribution in [0.15, 0.2) is 189 Å². The van der Waals surface area contributed by atoms with Crippen molar-refractivity contribution in [3.05, 3.63) is 185 Å². The fourth-order valence-corrected chi connectivity index (χ4v) is 19.8. The molecule has 14 aromatic rings. The van der Waals surface area contributed by atoms with Gasteiger partial charge in [-0.15, -0.1) is 0 Å². The molecule has 0 aliphatic heterocycles. The van der Waals surface area contributed by atoms with Crippen LogP contribution in [0.2, 0.25) is 0 Å². The molecule has 4 aliphatic carbocycles. The Labute approximate surface area is 757 Å². The van der Waals surface area contributed by atoms with Crippen molar-refractivity contribution in [3.8, 4) is 22.5 Å². The molecule has 0 unspecified atom stereocenters. The Bertz CT molecular complexity index is 6340. The van der Waals surface area contributed by atoms with Crippen LogP contribution in [0.4, 0.5) is 28.4 Å². The number of nitrogens with two attached hydrogens (primary N) is 1. The average molecular weight is 1810 g/mol. The van der Waals surface area contributed by atoms with Crippen LogP contribution in [-0.4, -0.2) is 94.1 Å². The van der Waals surface area contributed by atoms with Crippen molar-refractivity contribution < 1.29 is 84.9 Å². The van der Waals surface area contributed by atoms with E-state index in [9.17, 15) is 53.7 Å². The van der Waals surface area contributed by atoms with Gasteiger partial charge in [-0.25, -0.2) is 19.2 Å². The van der Waals surface area contributed by atoms with Crippen molar-refractivity contribution >= 4 is 180 Å². The zero-order valence-electron chi connectivity index (χ0n) is 75.5. The lowest BCUT2D eigenvalue weighted by atomic mass is 9.82. The topological polar surface area (TPSA) is 324 Å². The summed E-state index contributed by atoms with van der Waals surface area (Å²) in [7, 11) is 1.35. The van der Waals surface area contributed by atoms with Crippen molar-refractivity contribution in [1.82, 2.24) is 0 Å². The first-order chi connectivity index (χ1) is 61.7. The second kappa shape index (κ2) is 38.5.